The van der Waals surface area contributed by atoms with Gasteiger partial charge in [-0.1, -0.05) is 37.3 Å². The number of aryl methyl sites for hydroxylation is 1. The number of imide groups is 1. The average Bonchev–Trinajstić information content (AvgIpc) is 3.12. The molecule has 0 aliphatic carbocycles. The zero-order valence-electron chi connectivity index (χ0n) is 19.4. The van der Waals surface area contributed by atoms with E-state index in [0.717, 1.165) is 22.4 Å². The van der Waals surface area contributed by atoms with Gasteiger partial charge in [0.15, 0.2) is 6.61 Å². The topological polar surface area (TPSA) is 102 Å². The van der Waals surface area contributed by atoms with E-state index in [0.29, 0.717) is 11.4 Å². The van der Waals surface area contributed by atoms with Crippen LogP contribution in [-0.4, -0.2) is 42.3 Å². The van der Waals surface area contributed by atoms with E-state index in [9.17, 15) is 19.2 Å². The molecule has 178 valence electrons. The van der Waals surface area contributed by atoms with Crippen molar-refractivity contribution in [3.63, 3.8) is 0 Å². The Morgan fingerprint density at radius 2 is 1.63 bits per heavy atom. The average molecular weight is 472 g/mol. The number of nitrogens with one attached hydrogen (secondary N) is 1. The van der Waals surface area contributed by atoms with Gasteiger partial charge in [-0.25, -0.2) is 4.79 Å². The summed E-state index contributed by atoms with van der Waals surface area (Å²) in [5.41, 5.74) is 2.81. The second kappa shape index (κ2) is 10.2. The van der Waals surface area contributed by atoms with E-state index in [1.54, 1.807) is 37.4 Å². The molecule has 0 saturated carbocycles. The number of ether oxygens (including phenoxy) is 2. The van der Waals surface area contributed by atoms with Crippen molar-refractivity contribution in [2.75, 3.05) is 19.0 Å². The Hall–Kier alpha value is -4.46. The Morgan fingerprint density at radius 1 is 0.914 bits per heavy atom. The van der Waals surface area contributed by atoms with Gasteiger partial charge < -0.3 is 14.8 Å². The molecule has 35 heavy (non-hydrogen) atoms. The molecule has 1 aliphatic heterocycles. The molecular weight excluding hydrogens is 448 g/mol. The first-order chi connectivity index (χ1) is 16.9. The van der Waals surface area contributed by atoms with E-state index in [2.05, 4.69) is 5.32 Å². The van der Waals surface area contributed by atoms with E-state index >= 15 is 0 Å². The lowest BCUT2D eigenvalue weighted by atomic mass is 10.1. The molecule has 0 fully saturated rings. The molecule has 0 atom stereocenters. The van der Waals surface area contributed by atoms with E-state index < -0.39 is 30.3 Å². The number of nitrogens with zero attached hydrogens (tertiary/aromatic N) is 1. The fraction of sp³-hybridized carbons (Fsp3) is 0.185. The van der Waals surface area contributed by atoms with Gasteiger partial charge in [0.05, 0.1) is 30.3 Å². The number of amides is 3. The summed E-state index contributed by atoms with van der Waals surface area (Å²) in [7, 11) is 1.56. The fourth-order valence-corrected chi connectivity index (χ4v) is 3.83. The molecule has 8 heteroatoms. The zero-order valence-corrected chi connectivity index (χ0v) is 19.4. The largest absolute Gasteiger partial charge is 0.497 e. The smallest absolute Gasteiger partial charge is 0.338 e. The number of benzene rings is 3. The summed E-state index contributed by atoms with van der Waals surface area (Å²) in [6, 6.07) is 18.6. The van der Waals surface area contributed by atoms with Crippen LogP contribution in [0.5, 0.6) is 5.75 Å². The normalized spacial score (nSPS) is 12.3. The molecule has 3 aromatic rings. The highest BCUT2D eigenvalue weighted by molar-refractivity contribution is 6.21. The number of hydrogen-bond donors (Lipinski definition) is 1. The van der Waals surface area contributed by atoms with Gasteiger partial charge in [-0.15, -0.1) is 0 Å². The third-order valence-corrected chi connectivity index (χ3v) is 5.71. The molecule has 1 heterocycles. The van der Waals surface area contributed by atoms with Crippen molar-refractivity contribution in [1.29, 1.82) is 0 Å². The lowest BCUT2D eigenvalue weighted by Crippen LogP contribution is -2.29. The maximum absolute atomic E-state index is 12.9. The van der Waals surface area contributed by atoms with Crippen LogP contribution in [0.2, 0.25) is 0 Å². The van der Waals surface area contributed by atoms with Gasteiger partial charge in [0.1, 0.15) is 5.75 Å². The van der Waals surface area contributed by atoms with Crippen molar-refractivity contribution in [2.45, 2.75) is 19.9 Å². The van der Waals surface area contributed by atoms with Gasteiger partial charge in [0.25, 0.3) is 17.7 Å². The van der Waals surface area contributed by atoms with E-state index in [1.807, 2.05) is 25.1 Å². The molecule has 1 N–H and O–H groups in total. The molecule has 0 saturated heterocycles. The molecular formula is C27H24N2O6. The van der Waals surface area contributed by atoms with Crippen LogP contribution in [0.4, 0.5) is 5.69 Å². The second-order valence-electron chi connectivity index (χ2n) is 7.94. The maximum Gasteiger partial charge on any atom is 0.338 e. The summed E-state index contributed by atoms with van der Waals surface area (Å²) in [4.78, 5) is 51.6. The van der Waals surface area contributed by atoms with Crippen molar-refractivity contribution in [3.05, 3.63) is 94.5 Å². The Morgan fingerprint density at radius 3 is 2.34 bits per heavy atom. The van der Waals surface area contributed by atoms with Crippen LogP contribution < -0.4 is 10.1 Å². The highest BCUT2D eigenvalue weighted by Gasteiger charge is 2.36. The molecule has 8 nitrogen and oxygen atoms in total. The predicted octanol–water partition coefficient (Wildman–Crippen LogP) is 3.85. The number of rotatable bonds is 8. The van der Waals surface area contributed by atoms with Crippen LogP contribution in [0.1, 0.15) is 49.1 Å². The van der Waals surface area contributed by atoms with Crippen LogP contribution in [0.3, 0.4) is 0 Å². The van der Waals surface area contributed by atoms with Crippen LogP contribution in [0, 0.1) is 0 Å². The quantitative estimate of drug-likeness (QED) is 0.395. The van der Waals surface area contributed by atoms with E-state index in [-0.39, 0.29) is 23.2 Å². The van der Waals surface area contributed by atoms with Gasteiger partial charge in [-0.05, 0) is 53.9 Å². The minimum Gasteiger partial charge on any atom is -0.497 e. The summed E-state index contributed by atoms with van der Waals surface area (Å²) in [5.74, 6) is -1.50. The number of fused-ring (bicyclic) bond motifs is 1. The maximum atomic E-state index is 12.9. The highest BCUT2D eigenvalue weighted by atomic mass is 16.5. The Bertz CT molecular complexity index is 1300. The standard InChI is InChI=1S/C27H24N2O6/c1-3-18-6-4-5-7-23(18)28-24(30)16-35-27(33)19-10-13-21-22(14-19)26(32)29(25(21)31)15-17-8-11-20(34-2)12-9-17/h4-14H,3,15-16H2,1-2H3,(H,28,30). The van der Waals surface area contributed by atoms with Crippen LogP contribution in [0.15, 0.2) is 66.7 Å². The van der Waals surface area contributed by atoms with E-state index in [1.165, 1.54) is 18.2 Å². The number of methoxy groups -OCH3 is 1. The molecule has 0 bridgehead atoms. The van der Waals surface area contributed by atoms with Gasteiger partial charge in [-0.2, -0.15) is 0 Å². The second-order valence-corrected chi connectivity index (χ2v) is 7.94. The fourth-order valence-electron chi connectivity index (χ4n) is 3.83. The van der Waals surface area contributed by atoms with Crippen molar-refractivity contribution in [3.8, 4) is 5.75 Å². The Balaban J connectivity index is 1.40. The lowest BCUT2D eigenvalue weighted by Gasteiger charge is -2.14. The monoisotopic (exact) mass is 472 g/mol. The third-order valence-electron chi connectivity index (χ3n) is 5.71. The summed E-state index contributed by atoms with van der Waals surface area (Å²) in [6.45, 7) is 1.59. The first kappa shape index (κ1) is 23.7. The Kier molecular flexibility index (Phi) is 6.91. The molecule has 3 aromatic carbocycles. The minimum absolute atomic E-state index is 0.0814. The zero-order chi connectivity index (χ0) is 24.9. The van der Waals surface area contributed by atoms with Crippen molar-refractivity contribution in [1.82, 2.24) is 4.90 Å². The Labute approximate surface area is 202 Å². The molecule has 0 aromatic heterocycles. The number of carbonyl (C=O) groups excluding carboxylic acids is 4. The molecule has 3 amide bonds. The summed E-state index contributed by atoms with van der Waals surface area (Å²) >= 11 is 0. The predicted molar refractivity (Wildman–Crippen MR) is 128 cm³/mol. The van der Waals surface area contributed by atoms with Gasteiger partial charge in [0, 0.05) is 5.69 Å². The number of anilines is 1. The van der Waals surface area contributed by atoms with Crippen LogP contribution in [0.25, 0.3) is 0 Å². The van der Waals surface area contributed by atoms with Crippen molar-refractivity contribution < 1.29 is 28.7 Å². The number of hydrogen-bond acceptors (Lipinski definition) is 6. The summed E-state index contributed by atoms with van der Waals surface area (Å²) in [5, 5.41) is 2.73. The first-order valence-corrected chi connectivity index (χ1v) is 11.1. The SMILES string of the molecule is CCc1ccccc1NC(=O)COC(=O)c1ccc2c(c1)C(=O)N(Cc1ccc(OC)cc1)C2=O. The molecule has 4 rings (SSSR count). The number of para-hydroxylation sites is 1. The molecule has 0 unspecified atom stereocenters. The lowest BCUT2D eigenvalue weighted by molar-refractivity contribution is -0.119. The molecule has 1 aliphatic rings. The van der Waals surface area contributed by atoms with E-state index in [4.69, 9.17) is 9.47 Å². The van der Waals surface area contributed by atoms with Crippen molar-refractivity contribution >= 4 is 29.4 Å². The third kappa shape index (κ3) is 5.06. The van der Waals surface area contributed by atoms with Crippen LogP contribution >= 0.6 is 0 Å². The molecule has 0 radical (unpaired) electrons. The van der Waals surface area contributed by atoms with Gasteiger partial charge in [-0.3, -0.25) is 19.3 Å². The number of esters is 1. The minimum atomic E-state index is -0.763. The van der Waals surface area contributed by atoms with Gasteiger partial charge in [0.2, 0.25) is 0 Å². The van der Waals surface area contributed by atoms with Gasteiger partial charge >= 0.3 is 5.97 Å². The summed E-state index contributed by atoms with van der Waals surface area (Å²) < 4.78 is 10.3. The number of carbonyl (C=O) groups is 4. The van der Waals surface area contributed by atoms with Crippen molar-refractivity contribution in [2.24, 2.45) is 0 Å². The molecule has 0 spiro atoms. The summed E-state index contributed by atoms with van der Waals surface area (Å²) in [6.07, 6.45) is 0.744. The van der Waals surface area contributed by atoms with Crippen LogP contribution in [-0.2, 0) is 22.5 Å². The highest BCUT2D eigenvalue weighted by Crippen LogP contribution is 2.26. The first-order valence-electron chi connectivity index (χ1n) is 11.1.